The number of morpholine rings is 1. The molecule has 1 aromatic carbocycles. The molecule has 110 valence electrons. The van der Waals surface area contributed by atoms with E-state index < -0.39 is 0 Å². The van der Waals surface area contributed by atoms with Gasteiger partial charge in [-0.25, -0.2) is 0 Å². The molecule has 0 aliphatic carbocycles. The molecule has 1 saturated heterocycles. The van der Waals surface area contributed by atoms with Crippen LogP contribution in [0.2, 0.25) is 5.02 Å². The van der Waals surface area contributed by atoms with E-state index in [0.29, 0.717) is 17.1 Å². The molecule has 0 aromatic heterocycles. The minimum atomic E-state index is 0.0640. The number of phenols is 1. The van der Waals surface area contributed by atoms with Gasteiger partial charge in [0.1, 0.15) is 24.4 Å². The second-order valence-electron chi connectivity index (χ2n) is 5.77. The highest BCUT2D eigenvalue weighted by atomic mass is 35.5. The molecule has 5 heteroatoms. The normalized spacial score (nSPS) is 17.8. The summed E-state index contributed by atoms with van der Waals surface area (Å²) in [6.07, 6.45) is 1.70. The Morgan fingerprint density at radius 3 is 2.80 bits per heavy atom. The van der Waals surface area contributed by atoms with Crippen LogP contribution in [0.1, 0.15) is 19.4 Å². The van der Waals surface area contributed by atoms with E-state index in [1.807, 2.05) is 0 Å². The first-order chi connectivity index (χ1) is 9.49. The largest absolute Gasteiger partial charge is 0.507 e. The minimum Gasteiger partial charge on any atom is -0.507 e. The van der Waals surface area contributed by atoms with Crippen LogP contribution < -0.4 is 4.90 Å². The van der Waals surface area contributed by atoms with Crippen LogP contribution in [0.15, 0.2) is 23.2 Å². The summed E-state index contributed by atoms with van der Waals surface area (Å²) in [6.45, 7) is 8.80. The minimum absolute atomic E-state index is 0.0640. The van der Waals surface area contributed by atoms with Gasteiger partial charge in [-0.2, -0.15) is 0 Å². The van der Waals surface area contributed by atoms with Crippen molar-refractivity contribution in [3.05, 3.63) is 28.8 Å². The molecule has 0 saturated carbocycles. The van der Waals surface area contributed by atoms with Crippen molar-refractivity contribution in [1.82, 2.24) is 0 Å². The monoisotopic (exact) mass is 297 g/mol. The molecule has 1 fully saturated rings. The number of ether oxygens (including phenoxy) is 1. The third-order valence-electron chi connectivity index (χ3n) is 3.76. The molecule has 0 spiro atoms. The van der Waals surface area contributed by atoms with Crippen molar-refractivity contribution < 1.29 is 14.7 Å². The molecule has 0 unspecified atom stereocenters. The molecule has 0 bridgehead atoms. The Morgan fingerprint density at radius 2 is 2.10 bits per heavy atom. The fourth-order valence-electron chi connectivity index (χ4n) is 2.41. The van der Waals surface area contributed by atoms with Crippen LogP contribution in [-0.2, 0) is 4.74 Å². The summed E-state index contributed by atoms with van der Waals surface area (Å²) in [7, 11) is 0. The summed E-state index contributed by atoms with van der Waals surface area (Å²) in [5.41, 5.74) is 0.722. The van der Waals surface area contributed by atoms with Crippen LogP contribution in [0.4, 0.5) is 0 Å². The van der Waals surface area contributed by atoms with Crippen molar-refractivity contribution in [3.63, 3.8) is 0 Å². The maximum atomic E-state index is 9.74. The summed E-state index contributed by atoms with van der Waals surface area (Å²) in [5.74, 6) is 0.203. The number of benzene rings is 1. The van der Waals surface area contributed by atoms with E-state index >= 15 is 0 Å². The highest BCUT2D eigenvalue weighted by Gasteiger charge is 2.31. The second kappa shape index (κ2) is 6.57. The Hall–Kier alpha value is -1.10. The topological polar surface area (TPSA) is 46.3 Å². The zero-order chi connectivity index (χ0) is 14.6. The van der Waals surface area contributed by atoms with E-state index in [2.05, 4.69) is 18.8 Å². The maximum absolute atomic E-state index is 9.74. The quantitative estimate of drug-likeness (QED) is 0.819. The van der Waals surface area contributed by atoms with Crippen LogP contribution in [-0.4, -0.2) is 49.7 Å². The van der Waals surface area contributed by atoms with Gasteiger partial charge in [0.2, 0.25) is 0 Å². The smallest absolute Gasteiger partial charge is 0.124 e. The number of nitrogens with one attached hydrogen (secondary N) is 1. The highest BCUT2D eigenvalue weighted by molar-refractivity contribution is 6.30. The summed E-state index contributed by atoms with van der Waals surface area (Å²) in [4.78, 5) is 6.00. The van der Waals surface area contributed by atoms with Crippen molar-refractivity contribution in [1.29, 1.82) is 0 Å². The average molecular weight is 298 g/mol. The van der Waals surface area contributed by atoms with Crippen LogP contribution >= 0.6 is 11.6 Å². The number of halogens is 1. The average Bonchev–Trinajstić information content (AvgIpc) is 2.43. The first kappa shape index (κ1) is 15.3. The fourth-order valence-corrected chi connectivity index (χ4v) is 2.59. The number of hydrogen-bond acceptors (Lipinski definition) is 3. The number of quaternary nitrogens is 1. The molecule has 20 heavy (non-hydrogen) atoms. The summed E-state index contributed by atoms with van der Waals surface area (Å²) in [5, 5.41) is 10.3. The molecule has 4 nitrogen and oxygen atoms in total. The van der Waals surface area contributed by atoms with E-state index in [-0.39, 0.29) is 11.3 Å². The Bertz CT molecular complexity index is 483. The molecule has 1 aromatic rings. The molecule has 2 N–H and O–H groups in total. The van der Waals surface area contributed by atoms with E-state index in [4.69, 9.17) is 16.3 Å². The Morgan fingerprint density at radius 1 is 1.40 bits per heavy atom. The molecular weight excluding hydrogens is 276 g/mol. The Kier molecular flexibility index (Phi) is 5.02. The molecule has 0 radical (unpaired) electrons. The molecule has 0 amide bonds. The van der Waals surface area contributed by atoms with Crippen molar-refractivity contribution in [2.75, 3.05) is 32.8 Å². The van der Waals surface area contributed by atoms with E-state index in [1.54, 1.807) is 24.4 Å². The van der Waals surface area contributed by atoms with E-state index in [1.165, 1.54) is 4.90 Å². The SMILES string of the molecule is CC(C)(CN=Cc1cc(Cl)ccc1O)[NH+]1CCOCC1. The lowest BCUT2D eigenvalue weighted by Crippen LogP contribution is -3.21. The fraction of sp³-hybridized carbons (Fsp3) is 0.533. The number of phenolic OH excluding ortho intramolecular Hbond substituents is 1. The van der Waals surface area contributed by atoms with E-state index in [0.717, 1.165) is 26.3 Å². The molecule has 1 aliphatic rings. The summed E-state index contributed by atoms with van der Waals surface area (Å²) in [6, 6.07) is 4.97. The predicted octanol–water partition coefficient (Wildman–Crippen LogP) is 1.16. The first-order valence-corrected chi connectivity index (χ1v) is 7.28. The lowest BCUT2D eigenvalue weighted by Gasteiger charge is -2.36. The van der Waals surface area contributed by atoms with Gasteiger partial charge in [-0.05, 0) is 32.0 Å². The summed E-state index contributed by atoms with van der Waals surface area (Å²) >= 11 is 5.92. The van der Waals surface area contributed by atoms with Crippen molar-refractivity contribution in [2.45, 2.75) is 19.4 Å². The van der Waals surface area contributed by atoms with Gasteiger partial charge in [-0.1, -0.05) is 11.6 Å². The number of aromatic hydroxyl groups is 1. The van der Waals surface area contributed by atoms with Gasteiger partial charge < -0.3 is 14.7 Å². The van der Waals surface area contributed by atoms with Crippen LogP contribution in [0.25, 0.3) is 0 Å². The van der Waals surface area contributed by atoms with Crippen molar-refractivity contribution in [3.8, 4) is 5.75 Å². The molecule has 2 rings (SSSR count). The number of nitrogens with zero attached hydrogens (tertiary/aromatic N) is 1. The molecule has 0 atom stereocenters. The first-order valence-electron chi connectivity index (χ1n) is 6.90. The van der Waals surface area contributed by atoms with Gasteiger partial charge in [-0.15, -0.1) is 0 Å². The highest BCUT2D eigenvalue weighted by Crippen LogP contribution is 2.19. The summed E-state index contributed by atoms with van der Waals surface area (Å²) < 4.78 is 5.39. The van der Waals surface area contributed by atoms with Gasteiger partial charge in [0.25, 0.3) is 0 Å². The van der Waals surface area contributed by atoms with Crippen molar-refractivity contribution in [2.24, 2.45) is 4.99 Å². The van der Waals surface area contributed by atoms with Gasteiger partial charge in [0, 0.05) is 16.8 Å². The Labute approximate surface area is 125 Å². The van der Waals surface area contributed by atoms with Crippen LogP contribution in [0.3, 0.4) is 0 Å². The number of aliphatic imine (C=N–C) groups is 1. The van der Waals surface area contributed by atoms with Gasteiger partial charge in [0.15, 0.2) is 0 Å². The zero-order valence-electron chi connectivity index (χ0n) is 12.0. The second-order valence-corrected chi connectivity index (χ2v) is 6.21. The van der Waals surface area contributed by atoms with Crippen molar-refractivity contribution >= 4 is 17.8 Å². The van der Waals surface area contributed by atoms with E-state index in [9.17, 15) is 5.11 Å². The lowest BCUT2D eigenvalue weighted by molar-refractivity contribution is -0.953. The Balaban J connectivity index is 1.99. The standard InChI is InChI=1S/C15H21ClN2O2/c1-15(2,18-5-7-20-8-6-18)11-17-10-12-9-13(16)3-4-14(12)19/h3-4,9-10,19H,5-8,11H2,1-2H3/p+1. The zero-order valence-corrected chi connectivity index (χ0v) is 12.8. The van der Waals surface area contributed by atoms with Gasteiger partial charge in [0.05, 0.1) is 19.8 Å². The van der Waals surface area contributed by atoms with Gasteiger partial charge in [-0.3, -0.25) is 4.99 Å². The molecular formula is C15H22ClN2O2+. The lowest BCUT2D eigenvalue weighted by atomic mass is 10.0. The number of rotatable bonds is 4. The third kappa shape index (κ3) is 3.95. The molecule has 1 heterocycles. The number of hydrogen-bond donors (Lipinski definition) is 2. The van der Waals surface area contributed by atoms with Gasteiger partial charge >= 0.3 is 0 Å². The van der Waals surface area contributed by atoms with Crippen LogP contribution in [0, 0.1) is 0 Å². The van der Waals surface area contributed by atoms with Crippen LogP contribution in [0.5, 0.6) is 5.75 Å². The maximum Gasteiger partial charge on any atom is 0.124 e. The molecule has 1 aliphatic heterocycles. The third-order valence-corrected chi connectivity index (χ3v) is 4.00. The predicted molar refractivity (Wildman–Crippen MR) is 81.2 cm³/mol.